The van der Waals surface area contributed by atoms with Crippen molar-refractivity contribution in [3.8, 4) is 0 Å². The number of rotatable bonds is 5. The molecule has 0 saturated heterocycles. The lowest BCUT2D eigenvalue weighted by Crippen LogP contribution is -2.10. The molecule has 0 fully saturated rings. The second kappa shape index (κ2) is 5.99. The Kier molecular flexibility index (Phi) is 4.32. The molecule has 0 saturated carbocycles. The molecule has 0 spiro atoms. The zero-order valence-corrected chi connectivity index (χ0v) is 13.0. The lowest BCUT2D eigenvalue weighted by molar-refractivity contribution is 0.532. The van der Waals surface area contributed by atoms with Crippen LogP contribution in [0.25, 0.3) is 0 Å². The number of hydrogen-bond acceptors (Lipinski definition) is 3. The average molecular weight is 272 g/mol. The summed E-state index contributed by atoms with van der Waals surface area (Å²) < 4.78 is 1.96. The number of nitrogens with zero attached hydrogens (tertiary/aromatic N) is 3. The Morgan fingerprint density at radius 3 is 2.25 bits per heavy atom. The Bertz CT molecular complexity index is 540. The third kappa shape index (κ3) is 3.32. The molecule has 1 heterocycles. The number of aromatic nitrogens is 2. The summed E-state index contributed by atoms with van der Waals surface area (Å²) in [5.41, 5.74) is 3.55. The zero-order chi connectivity index (χ0) is 14.7. The van der Waals surface area contributed by atoms with Gasteiger partial charge >= 0.3 is 0 Å². The first-order chi connectivity index (χ1) is 9.47. The molecule has 2 aromatic rings. The zero-order valence-electron chi connectivity index (χ0n) is 13.0. The number of nitrogens with one attached hydrogen (secondary N) is 1. The van der Waals surface area contributed by atoms with Crippen LogP contribution in [0, 0.1) is 0 Å². The van der Waals surface area contributed by atoms with Gasteiger partial charge in [-0.25, -0.2) is 0 Å². The molecule has 20 heavy (non-hydrogen) atoms. The van der Waals surface area contributed by atoms with Crippen molar-refractivity contribution in [3.05, 3.63) is 42.2 Å². The van der Waals surface area contributed by atoms with Crippen LogP contribution in [-0.2, 0) is 0 Å². The third-order valence-corrected chi connectivity index (χ3v) is 3.42. The number of benzene rings is 1. The summed E-state index contributed by atoms with van der Waals surface area (Å²) in [7, 11) is 4.11. The normalized spacial score (nSPS) is 12.5. The molecule has 2 rings (SSSR count). The summed E-state index contributed by atoms with van der Waals surface area (Å²) in [6.45, 7) is 6.41. The van der Waals surface area contributed by atoms with Crippen molar-refractivity contribution in [1.82, 2.24) is 9.78 Å². The summed E-state index contributed by atoms with van der Waals surface area (Å²) in [5, 5.41) is 7.83. The Hall–Kier alpha value is -1.97. The molecular formula is C16H24N4. The van der Waals surface area contributed by atoms with Crippen LogP contribution in [-0.4, -0.2) is 23.9 Å². The molecule has 0 aliphatic heterocycles. The molecule has 4 heteroatoms. The van der Waals surface area contributed by atoms with E-state index in [1.807, 2.05) is 10.9 Å². The van der Waals surface area contributed by atoms with Gasteiger partial charge in [0.2, 0.25) is 0 Å². The molecule has 1 atom stereocenters. The fraction of sp³-hybridized carbons (Fsp3) is 0.438. The predicted molar refractivity (Wildman–Crippen MR) is 85.4 cm³/mol. The third-order valence-electron chi connectivity index (χ3n) is 3.42. The highest BCUT2D eigenvalue weighted by atomic mass is 15.3. The lowest BCUT2D eigenvalue weighted by atomic mass is 10.1. The highest BCUT2D eigenvalue weighted by Gasteiger charge is 2.08. The Morgan fingerprint density at radius 1 is 1.10 bits per heavy atom. The van der Waals surface area contributed by atoms with Crippen molar-refractivity contribution < 1.29 is 0 Å². The van der Waals surface area contributed by atoms with Gasteiger partial charge in [0, 0.05) is 38.1 Å². The van der Waals surface area contributed by atoms with Gasteiger partial charge in [-0.05, 0) is 38.5 Å². The fourth-order valence-corrected chi connectivity index (χ4v) is 2.09. The minimum absolute atomic E-state index is 0.260. The topological polar surface area (TPSA) is 33.1 Å². The molecule has 4 nitrogen and oxygen atoms in total. The van der Waals surface area contributed by atoms with Crippen molar-refractivity contribution in [2.24, 2.45) is 0 Å². The molecule has 0 amide bonds. The van der Waals surface area contributed by atoms with E-state index in [-0.39, 0.29) is 6.04 Å². The van der Waals surface area contributed by atoms with E-state index in [1.165, 1.54) is 11.3 Å². The second-order valence-electron chi connectivity index (χ2n) is 5.65. The standard InChI is InChI=1S/C16H24N4/c1-12(2)20-11-15(10-17-20)18-13(3)14-6-8-16(9-7-14)19(4)5/h6-13,18H,1-5H3. The van der Waals surface area contributed by atoms with Gasteiger partial charge in [-0.2, -0.15) is 5.10 Å². The van der Waals surface area contributed by atoms with E-state index >= 15 is 0 Å². The van der Waals surface area contributed by atoms with Crippen molar-refractivity contribution >= 4 is 11.4 Å². The van der Waals surface area contributed by atoms with Crippen molar-refractivity contribution in [2.75, 3.05) is 24.3 Å². The molecule has 1 aromatic carbocycles. The smallest absolute Gasteiger partial charge is 0.0731 e. The summed E-state index contributed by atoms with van der Waals surface area (Å²) in [4.78, 5) is 2.11. The van der Waals surface area contributed by atoms with Crippen LogP contribution in [0.2, 0.25) is 0 Å². The average Bonchev–Trinajstić information content (AvgIpc) is 2.87. The van der Waals surface area contributed by atoms with Crippen LogP contribution < -0.4 is 10.2 Å². The SMILES string of the molecule is CC(Nc1cnn(C(C)C)c1)c1ccc(N(C)C)cc1. The van der Waals surface area contributed by atoms with Gasteiger partial charge < -0.3 is 10.2 Å². The van der Waals surface area contributed by atoms with E-state index in [1.54, 1.807) is 0 Å². The maximum Gasteiger partial charge on any atom is 0.0731 e. The van der Waals surface area contributed by atoms with Crippen LogP contribution in [0.5, 0.6) is 0 Å². The molecule has 1 unspecified atom stereocenters. The lowest BCUT2D eigenvalue weighted by Gasteiger charge is -2.17. The molecule has 0 aliphatic carbocycles. The van der Waals surface area contributed by atoms with Gasteiger partial charge in [-0.15, -0.1) is 0 Å². The van der Waals surface area contributed by atoms with Gasteiger partial charge in [0.1, 0.15) is 0 Å². The fourth-order valence-electron chi connectivity index (χ4n) is 2.09. The first-order valence-electron chi connectivity index (χ1n) is 7.05. The van der Waals surface area contributed by atoms with E-state index in [0.29, 0.717) is 6.04 Å². The maximum absolute atomic E-state index is 4.35. The Morgan fingerprint density at radius 2 is 1.75 bits per heavy atom. The van der Waals surface area contributed by atoms with Crippen LogP contribution >= 0.6 is 0 Å². The van der Waals surface area contributed by atoms with E-state index in [0.717, 1.165) is 5.69 Å². The monoisotopic (exact) mass is 272 g/mol. The van der Waals surface area contributed by atoms with E-state index < -0.39 is 0 Å². The van der Waals surface area contributed by atoms with Gasteiger partial charge in [0.05, 0.1) is 11.9 Å². The van der Waals surface area contributed by atoms with Crippen molar-refractivity contribution in [1.29, 1.82) is 0 Å². The van der Waals surface area contributed by atoms with E-state index in [4.69, 9.17) is 0 Å². The molecule has 108 valence electrons. The van der Waals surface area contributed by atoms with Crippen LogP contribution in [0.1, 0.15) is 38.4 Å². The quantitative estimate of drug-likeness (QED) is 0.901. The predicted octanol–water partition coefficient (Wildman–Crippen LogP) is 3.70. The highest BCUT2D eigenvalue weighted by Crippen LogP contribution is 2.22. The number of hydrogen-bond donors (Lipinski definition) is 1. The van der Waals surface area contributed by atoms with E-state index in [2.05, 4.69) is 80.6 Å². The molecule has 0 bridgehead atoms. The van der Waals surface area contributed by atoms with Crippen LogP contribution in [0.15, 0.2) is 36.7 Å². The summed E-state index contributed by atoms with van der Waals surface area (Å²) in [5.74, 6) is 0. The van der Waals surface area contributed by atoms with Gasteiger partial charge in [-0.3, -0.25) is 4.68 Å². The first kappa shape index (κ1) is 14.4. The van der Waals surface area contributed by atoms with Crippen molar-refractivity contribution in [2.45, 2.75) is 32.9 Å². The van der Waals surface area contributed by atoms with E-state index in [9.17, 15) is 0 Å². The van der Waals surface area contributed by atoms with Gasteiger partial charge in [0.25, 0.3) is 0 Å². The second-order valence-corrected chi connectivity index (χ2v) is 5.65. The van der Waals surface area contributed by atoms with Crippen LogP contribution in [0.3, 0.4) is 0 Å². The molecule has 1 aromatic heterocycles. The van der Waals surface area contributed by atoms with Gasteiger partial charge in [-0.1, -0.05) is 12.1 Å². The van der Waals surface area contributed by atoms with Crippen LogP contribution in [0.4, 0.5) is 11.4 Å². The maximum atomic E-state index is 4.35. The van der Waals surface area contributed by atoms with Gasteiger partial charge in [0.15, 0.2) is 0 Å². The summed E-state index contributed by atoms with van der Waals surface area (Å²) >= 11 is 0. The molecule has 0 radical (unpaired) electrons. The summed E-state index contributed by atoms with van der Waals surface area (Å²) in [6.07, 6.45) is 3.93. The highest BCUT2D eigenvalue weighted by molar-refractivity contribution is 5.48. The molecular weight excluding hydrogens is 248 g/mol. The summed E-state index contributed by atoms with van der Waals surface area (Å²) in [6, 6.07) is 9.27. The van der Waals surface area contributed by atoms with Crippen molar-refractivity contribution in [3.63, 3.8) is 0 Å². The molecule has 0 aliphatic rings. The number of anilines is 2. The minimum Gasteiger partial charge on any atom is -0.378 e. The molecule has 1 N–H and O–H groups in total. The Balaban J connectivity index is 2.05. The largest absolute Gasteiger partial charge is 0.378 e. The first-order valence-corrected chi connectivity index (χ1v) is 7.05. The Labute approximate surface area is 121 Å². The minimum atomic E-state index is 0.260.